The van der Waals surface area contributed by atoms with Crippen molar-refractivity contribution >= 4 is 29.3 Å². The number of hydrogen-bond donors (Lipinski definition) is 2. The number of carbonyl (C=O) groups excluding carboxylic acids is 3. The predicted molar refractivity (Wildman–Crippen MR) is 89.3 cm³/mol. The van der Waals surface area contributed by atoms with Gasteiger partial charge >= 0.3 is 0 Å². The number of halogens is 1. The molecule has 126 valence electrons. The first-order valence-corrected chi connectivity index (χ1v) is 7.82. The molecule has 0 fully saturated rings. The summed E-state index contributed by atoms with van der Waals surface area (Å²) in [5.74, 6) is -0.980. The van der Waals surface area contributed by atoms with Crippen LogP contribution in [0.5, 0.6) is 0 Å². The number of likely N-dealkylation sites (N-methyl/N-ethyl adjacent to an activating group) is 1. The zero-order chi connectivity index (χ0) is 17.4. The standard InChI is InChI=1S/C16H22ClN3O3/c1-4-20(10-14(21)19-11(2)3)15(22)9-18-16(23)12-7-5-6-8-13(12)17/h5-8,11H,4,9-10H2,1-3H3,(H,18,23)(H,19,21). The molecule has 0 radical (unpaired) electrons. The third kappa shape index (κ3) is 6.28. The molecule has 0 bridgehead atoms. The average Bonchev–Trinajstić information content (AvgIpc) is 2.49. The van der Waals surface area contributed by atoms with Gasteiger partial charge in [-0.3, -0.25) is 14.4 Å². The number of amides is 3. The van der Waals surface area contributed by atoms with Gasteiger partial charge in [-0.2, -0.15) is 0 Å². The van der Waals surface area contributed by atoms with Gasteiger partial charge in [0.25, 0.3) is 5.91 Å². The van der Waals surface area contributed by atoms with E-state index in [9.17, 15) is 14.4 Å². The minimum Gasteiger partial charge on any atom is -0.352 e. The van der Waals surface area contributed by atoms with Crippen LogP contribution >= 0.6 is 11.6 Å². The van der Waals surface area contributed by atoms with Crippen LogP contribution in [0, 0.1) is 0 Å². The second-order valence-electron chi connectivity index (χ2n) is 5.29. The lowest BCUT2D eigenvalue weighted by Gasteiger charge is -2.21. The van der Waals surface area contributed by atoms with Gasteiger partial charge in [-0.25, -0.2) is 0 Å². The van der Waals surface area contributed by atoms with Crippen LogP contribution in [0.2, 0.25) is 5.02 Å². The van der Waals surface area contributed by atoms with Crippen LogP contribution in [0.4, 0.5) is 0 Å². The van der Waals surface area contributed by atoms with Crippen molar-refractivity contribution in [2.75, 3.05) is 19.6 Å². The molecule has 0 aromatic heterocycles. The van der Waals surface area contributed by atoms with Gasteiger partial charge in [0.15, 0.2) is 0 Å². The van der Waals surface area contributed by atoms with Gasteiger partial charge in [-0.1, -0.05) is 23.7 Å². The van der Waals surface area contributed by atoms with Gasteiger partial charge in [-0.05, 0) is 32.9 Å². The molecule has 0 saturated carbocycles. The van der Waals surface area contributed by atoms with Crippen LogP contribution in [0.1, 0.15) is 31.1 Å². The second kappa shape index (κ2) is 9.15. The lowest BCUT2D eigenvalue weighted by molar-refractivity contribution is -0.135. The molecule has 0 atom stereocenters. The topological polar surface area (TPSA) is 78.5 Å². The summed E-state index contributed by atoms with van der Waals surface area (Å²) in [6, 6.07) is 6.60. The summed E-state index contributed by atoms with van der Waals surface area (Å²) in [4.78, 5) is 37.2. The fourth-order valence-electron chi connectivity index (χ4n) is 1.93. The minimum atomic E-state index is -0.424. The van der Waals surface area contributed by atoms with E-state index in [1.165, 1.54) is 4.90 Å². The van der Waals surface area contributed by atoms with Crippen LogP contribution in [0.25, 0.3) is 0 Å². The summed E-state index contributed by atoms with van der Waals surface area (Å²) in [5, 5.41) is 5.57. The number of nitrogens with zero attached hydrogens (tertiary/aromatic N) is 1. The van der Waals surface area contributed by atoms with E-state index in [4.69, 9.17) is 11.6 Å². The van der Waals surface area contributed by atoms with Gasteiger partial charge in [-0.15, -0.1) is 0 Å². The average molecular weight is 340 g/mol. The van der Waals surface area contributed by atoms with Crippen LogP contribution < -0.4 is 10.6 Å². The number of rotatable bonds is 7. The van der Waals surface area contributed by atoms with Crippen molar-refractivity contribution in [3.8, 4) is 0 Å². The monoisotopic (exact) mass is 339 g/mol. The molecule has 0 aliphatic heterocycles. The number of hydrogen-bond acceptors (Lipinski definition) is 3. The Morgan fingerprint density at radius 1 is 1.22 bits per heavy atom. The molecule has 6 nitrogen and oxygen atoms in total. The Morgan fingerprint density at radius 3 is 2.43 bits per heavy atom. The largest absolute Gasteiger partial charge is 0.352 e. The first-order chi connectivity index (χ1) is 10.8. The van der Waals surface area contributed by atoms with Crippen LogP contribution in [0.15, 0.2) is 24.3 Å². The molecule has 7 heteroatoms. The van der Waals surface area contributed by atoms with Crippen molar-refractivity contribution in [2.24, 2.45) is 0 Å². The SMILES string of the molecule is CCN(CC(=O)NC(C)C)C(=O)CNC(=O)c1ccccc1Cl. The minimum absolute atomic E-state index is 0.0104. The quantitative estimate of drug-likeness (QED) is 0.789. The molecule has 1 aromatic carbocycles. The van der Waals surface area contributed by atoms with Crippen molar-refractivity contribution in [1.29, 1.82) is 0 Å². The van der Waals surface area contributed by atoms with E-state index >= 15 is 0 Å². The normalized spacial score (nSPS) is 10.3. The van der Waals surface area contributed by atoms with Gasteiger partial charge in [0.1, 0.15) is 0 Å². The summed E-state index contributed by atoms with van der Waals surface area (Å²) in [6.45, 7) is 5.63. The Bertz CT molecular complexity index is 575. The van der Waals surface area contributed by atoms with E-state index in [1.54, 1.807) is 31.2 Å². The Labute approximate surface area is 141 Å². The summed E-state index contributed by atoms with van der Waals surface area (Å²) < 4.78 is 0. The van der Waals surface area contributed by atoms with Crippen molar-refractivity contribution in [1.82, 2.24) is 15.5 Å². The molecule has 0 spiro atoms. The highest BCUT2D eigenvalue weighted by Crippen LogP contribution is 2.14. The third-order valence-corrected chi connectivity index (χ3v) is 3.37. The van der Waals surface area contributed by atoms with Crippen molar-refractivity contribution < 1.29 is 14.4 Å². The molecule has 1 aromatic rings. The highest BCUT2D eigenvalue weighted by Gasteiger charge is 2.17. The van der Waals surface area contributed by atoms with E-state index in [2.05, 4.69) is 10.6 Å². The molecule has 3 amide bonds. The maximum absolute atomic E-state index is 12.1. The fourth-order valence-corrected chi connectivity index (χ4v) is 2.15. The zero-order valence-electron chi connectivity index (χ0n) is 13.6. The van der Waals surface area contributed by atoms with Gasteiger partial charge in [0, 0.05) is 12.6 Å². The van der Waals surface area contributed by atoms with Gasteiger partial charge in [0.2, 0.25) is 11.8 Å². The highest BCUT2D eigenvalue weighted by atomic mass is 35.5. The highest BCUT2D eigenvalue weighted by molar-refractivity contribution is 6.33. The van der Waals surface area contributed by atoms with Crippen LogP contribution in [-0.2, 0) is 9.59 Å². The molecule has 23 heavy (non-hydrogen) atoms. The third-order valence-electron chi connectivity index (χ3n) is 3.04. The van der Waals surface area contributed by atoms with E-state index in [0.717, 1.165) is 0 Å². The molecule has 0 unspecified atom stereocenters. The summed E-state index contributed by atoms with van der Waals surface area (Å²) >= 11 is 5.93. The second-order valence-corrected chi connectivity index (χ2v) is 5.70. The number of carbonyl (C=O) groups is 3. The molecule has 1 rings (SSSR count). The Morgan fingerprint density at radius 2 is 1.87 bits per heavy atom. The van der Waals surface area contributed by atoms with Crippen LogP contribution in [-0.4, -0.2) is 48.3 Å². The first kappa shape index (κ1) is 19.0. The Balaban J connectivity index is 2.55. The van der Waals surface area contributed by atoms with Crippen molar-refractivity contribution in [3.63, 3.8) is 0 Å². The van der Waals surface area contributed by atoms with E-state index < -0.39 is 5.91 Å². The van der Waals surface area contributed by atoms with Crippen molar-refractivity contribution in [3.05, 3.63) is 34.9 Å². The van der Waals surface area contributed by atoms with Crippen molar-refractivity contribution in [2.45, 2.75) is 26.8 Å². The fraction of sp³-hybridized carbons (Fsp3) is 0.438. The lowest BCUT2D eigenvalue weighted by Crippen LogP contribution is -2.46. The summed E-state index contributed by atoms with van der Waals surface area (Å²) in [5.41, 5.74) is 0.308. The maximum Gasteiger partial charge on any atom is 0.253 e. The zero-order valence-corrected chi connectivity index (χ0v) is 14.3. The van der Waals surface area contributed by atoms with Gasteiger partial charge < -0.3 is 15.5 Å². The summed E-state index contributed by atoms with van der Waals surface area (Å²) in [7, 11) is 0. The molecule has 0 saturated heterocycles. The van der Waals surface area contributed by atoms with E-state index in [-0.39, 0.29) is 30.9 Å². The molecular weight excluding hydrogens is 318 g/mol. The molecule has 0 aliphatic rings. The molecule has 2 N–H and O–H groups in total. The molecule has 0 heterocycles. The summed E-state index contributed by atoms with van der Waals surface area (Å²) in [6.07, 6.45) is 0. The van der Waals surface area contributed by atoms with Gasteiger partial charge in [0.05, 0.1) is 23.7 Å². The van der Waals surface area contributed by atoms with Crippen LogP contribution in [0.3, 0.4) is 0 Å². The molecule has 0 aliphatic carbocycles. The number of benzene rings is 1. The lowest BCUT2D eigenvalue weighted by atomic mass is 10.2. The first-order valence-electron chi connectivity index (χ1n) is 7.45. The predicted octanol–water partition coefficient (Wildman–Crippen LogP) is 1.44. The van der Waals surface area contributed by atoms with E-state index in [1.807, 2.05) is 13.8 Å². The Kier molecular flexibility index (Phi) is 7.54. The molecular formula is C16H22ClN3O3. The van der Waals surface area contributed by atoms with E-state index in [0.29, 0.717) is 17.1 Å². The number of nitrogens with one attached hydrogen (secondary N) is 2. The smallest absolute Gasteiger partial charge is 0.253 e. The Hall–Kier alpha value is -2.08. The maximum atomic E-state index is 12.1.